The Morgan fingerprint density at radius 3 is 2.60 bits per heavy atom. The molecular formula is C11H12N2S2. The van der Waals surface area contributed by atoms with Crippen molar-refractivity contribution in [2.45, 2.75) is 6.42 Å². The zero-order valence-electron chi connectivity index (χ0n) is 8.16. The number of rotatable bonds is 2. The smallest absolute Gasteiger partial charge is 0.168 e. The highest BCUT2D eigenvalue weighted by Gasteiger charge is 1.92. The SMILES string of the molecule is NC(=S)Nc1ccc(C#CCCS)cc1. The van der Waals surface area contributed by atoms with E-state index in [0.29, 0.717) is 0 Å². The molecule has 0 aromatic heterocycles. The Hall–Kier alpha value is -1.18. The number of thiocarbonyl (C=S) groups is 1. The van der Waals surface area contributed by atoms with Crippen molar-refractivity contribution < 1.29 is 0 Å². The second kappa shape index (κ2) is 6.33. The van der Waals surface area contributed by atoms with Gasteiger partial charge in [0.1, 0.15) is 0 Å². The van der Waals surface area contributed by atoms with Crippen LogP contribution < -0.4 is 11.1 Å². The summed E-state index contributed by atoms with van der Waals surface area (Å²) in [7, 11) is 0. The molecule has 0 atom stereocenters. The van der Waals surface area contributed by atoms with E-state index in [0.717, 1.165) is 23.4 Å². The van der Waals surface area contributed by atoms with E-state index in [2.05, 4.69) is 29.8 Å². The molecule has 0 bridgehead atoms. The molecule has 78 valence electrons. The molecule has 0 aliphatic carbocycles. The van der Waals surface area contributed by atoms with E-state index in [4.69, 9.17) is 18.0 Å². The molecule has 0 aliphatic rings. The van der Waals surface area contributed by atoms with Gasteiger partial charge in [0, 0.05) is 23.4 Å². The third-order valence-corrected chi connectivity index (χ3v) is 1.95. The Morgan fingerprint density at radius 2 is 2.07 bits per heavy atom. The zero-order chi connectivity index (χ0) is 11.1. The van der Waals surface area contributed by atoms with Crippen LogP contribution in [-0.2, 0) is 0 Å². The molecule has 4 heteroatoms. The lowest BCUT2D eigenvalue weighted by atomic mass is 10.2. The first-order valence-electron chi connectivity index (χ1n) is 4.48. The van der Waals surface area contributed by atoms with Crippen molar-refractivity contribution in [3.05, 3.63) is 29.8 Å². The van der Waals surface area contributed by atoms with Crippen LogP contribution in [0.4, 0.5) is 5.69 Å². The fourth-order valence-electron chi connectivity index (χ4n) is 1.000. The molecule has 0 fully saturated rings. The number of hydrogen-bond donors (Lipinski definition) is 3. The Kier molecular flexibility index (Phi) is 5.02. The van der Waals surface area contributed by atoms with Crippen LogP contribution in [0.5, 0.6) is 0 Å². The molecular weight excluding hydrogens is 224 g/mol. The fraction of sp³-hybridized carbons (Fsp3) is 0.182. The van der Waals surface area contributed by atoms with E-state index in [9.17, 15) is 0 Å². The Morgan fingerprint density at radius 1 is 1.40 bits per heavy atom. The van der Waals surface area contributed by atoms with Gasteiger partial charge in [-0.15, -0.1) is 0 Å². The maximum Gasteiger partial charge on any atom is 0.168 e. The lowest BCUT2D eigenvalue weighted by molar-refractivity contribution is 1.31. The number of thiol groups is 1. The quantitative estimate of drug-likeness (QED) is 0.418. The molecule has 2 nitrogen and oxygen atoms in total. The standard InChI is InChI=1S/C11H12N2S2/c12-11(15)13-10-6-4-9(5-7-10)3-1-2-8-14/h4-7,14H,2,8H2,(H3,12,13,15). The summed E-state index contributed by atoms with van der Waals surface area (Å²) in [4.78, 5) is 0. The Labute approximate surface area is 101 Å². The van der Waals surface area contributed by atoms with E-state index < -0.39 is 0 Å². The highest BCUT2D eigenvalue weighted by atomic mass is 32.1. The summed E-state index contributed by atoms with van der Waals surface area (Å²) in [5, 5.41) is 3.12. The van der Waals surface area contributed by atoms with Crippen LogP contribution in [0, 0.1) is 11.8 Å². The second-order valence-corrected chi connectivity index (χ2v) is 3.73. The highest BCUT2D eigenvalue weighted by Crippen LogP contribution is 2.08. The van der Waals surface area contributed by atoms with Gasteiger partial charge in [-0.2, -0.15) is 12.6 Å². The molecule has 0 saturated carbocycles. The van der Waals surface area contributed by atoms with E-state index >= 15 is 0 Å². The Bertz CT molecular complexity index is 387. The van der Waals surface area contributed by atoms with Gasteiger partial charge in [-0.1, -0.05) is 11.8 Å². The van der Waals surface area contributed by atoms with Crippen molar-refractivity contribution in [1.82, 2.24) is 0 Å². The summed E-state index contributed by atoms with van der Waals surface area (Å²) in [6.07, 6.45) is 0.802. The average molecular weight is 236 g/mol. The lowest BCUT2D eigenvalue weighted by Gasteiger charge is -2.02. The minimum atomic E-state index is 0.268. The Balaban J connectivity index is 2.65. The molecule has 0 amide bonds. The van der Waals surface area contributed by atoms with Crippen LogP contribution in [0.1, 0.15) is 12.0 Å². The van der Waals surface area contributed by atoms with E-state index in [-0.39, 0.29) is 5.11 Å². The maximum atomic E-state index is 5.34. The van der Waals surface area contributed by atoms with Crippen molar-refractivity contribution in [1.29, 1.82) is 0 Å². The van der Waals surface area contributed by atoms with Crippen LogP contribution >= 0.6 is 24.8 Å². The first-order chi connectivity index (χ1) is 7.22. The third-order valence-electron chi connectivity index (χ3n) is 1.62. The minimum Gasteiger partial charge on any atom is -0.376 e. The fourth-order valence-corrected chi connectivity index (χ4v) is 1.23. The van der Waals surface area contributed by atoms with Gasteiger partial charge < -0.3 is 11.1 Å². The van der Waals surface area contributed by atoms with Gasteiger partial charge in [-0.3, -0.25) is 0 Å². The summed E-state index contributed by atoms with van der Waals surface area (Å²) in [5.41, 5.74) is 7.20. The molecule has 0 heterocycles. The van der Waals surface area contributed by atoms with E-state index in [1.165, 1.54) is 0 Å². The molecule has 0 aliphatic heterocycles. The van der Waals surface area contributed by atoms with Gasteiger partial charge in [0.25, 0.3) is 0 Å². The number of hydrogen-bond acceptors (Lipinski definition) is 2. The summed E-state index contributed by atoms with van der Waals surface area (Å²) in [5.74, 6) is 6.84. The van der Waals surface area contributed by atoms with Crippen molar-refractivity contribution in [2.24, 2.45) is 5.73 Å². The number of anilines is 1. The first-order valence-corrected chi connectivity index (χ1v) is 5.52. The maximum absolute atomic E-state index is 5.34. The molecule has 0 saturated heterocycles. The molecule has 1 rings (SSSR count). The number of benzene rings is 1. The van der Waals surface area contributed by atoms with Crippen LogP contribution in [0.15, 0.2) is 24.3 Å². The zero-order valence-corrected chi connectivity index (χ0v) is 9.87. The van der Waals surface area contributed by atoms with Crippen LogP contribution in [0.3, 0.4) is 0 Å². The number of nitrogens with one attached hydrogen (secondary N) is 1. The van der Waals surface area contributed by atoms with Crippen LogP contribution in [-0.4, -0.2) is 10.9 Å². The van der Waals surface area contributed by atoms with Crippen LogP contribution in [0.25, 0.3) is 0 Å². The van der Waals surface area contributed by atoms with Crippen molar-refractivity contribution in [3.8, 4) is 11.8 Å². The van der Waals surface area contributed by atoms with Gasteiger partial charge >= 0.3 is 0 Å². The van der Waals surface area contributed by atoms with Gasteiger partial charge in [0.15, 0.2) is 5.11 Å². The lowest BCUT2D eigenvalue weighted by Crippen LogP contribution is -2.18. The van der Waals surface area contributed by atoms with Gasteiger partial charge in [0.05, 0.1) is 0 Å². The van der Waals surface area contributed by atoms with Crippen molar-refractivity contribution in [3.63, 3.8) is 0 Å². The van der Waals surface area contributed by atoms with Crippen molar-refractivity contribution in [2.75, 3.05) is 11.1 Å². The summed E-state index contributed by atoms with van der Waals surface area (Å²) in [6, 6.07) is 7.63. The second-order valence-electron chi connectivity index (χ2n) is 2.84. The van der Waals surface area contributed by atoms with Gasteiger partial charge in [0.2, 0.25) is 0 Å². The van der Waals surface area contributed by atoms with E-state index in [1.807, 2.05) is 24.3 Å². The molecule has 0 radical (unpaired) electrons. The normalized spacial score (nSPS) is 8.87. The van der Waals surface area contributed by atoms with Gasteiger partial charge in [-0.05, 0) is 36.5 Å². The minimum absolute atomic E-state index is 0.268. The van der Waals surface area contributed by atoms with E-state index in [1.54, 1.807) is 0 Å². The predicted octanol–water partition coefficient (Wildman–Crippen LogP) is 2.01. The van der Waals surface area contributed by atoms with Crippen molar-refractivity contribution >= 4 is 35.6 Å². The van der Waals surface area contributed by atoms with Crippen LogP contribution in [0.2, 0.25) is 0 Å². The molecule has 1 aromatic carbocycles. The summed E-state index contributed by atoms with van der Waals surface area (Å²) in [6.45, 7) is 0. The molecule has 3 N–H and O–H groups in total. The van der Waals surface area contributed by atoms with Gasteiger partial charge in [-0.25, -0.2) is 0 Å². The molecule has 0 unspecified atom stereocenters. The average Bonchev–Trinajstić information content (AvgIpc) is 2.20. The highest BCUT2D eigenvalue weighted by molar-refractivity contribution is 7.80. The monoisotopic (exact) mass is 236 g/mol. The third kappa shape index (κ3) is 4.73. The molecule has 1 aromatic rings. The largest absolute Gasteiger partial charge is 0.376 e. The summed E-state index contributed by atoms with van der Waals surface area (Å²) < 4.78 is 0. The summed E-state index contributed by atoms with van der Waals surface area (Å²) >= 11 is 8.81. The topological polar surface area (TPSA) is 38.0 Å². The predicted molar refractivity (Wildman–Crippen MR) is 72.2 cm³/mol. The molecule has 15 heavy (non-hydrogen) atoms. The molecule has 0 spiro atoms. The number of nitrogens with two attached hydrogens (primary N) is 1. The first kappa shape index (κ1) is 11.9.